The first kappa shape index (κ1) is 19.5. The first-order chi connectivity index (χ1) is 10.5. The van der Waals surface area contributed by atoms with Gasteiger partial charge in [0.1, 0.15) is 5.75 Å². The van der Waals surface area contributed by atoms with Crippen LogP contribution in [0.4, 0.5) is 0 Å². The third kappa shape index (κ3) is 10.3. The highest BCUT2D eigenvalue weighted by molar-refractivity contribution is 6.27. The van der Waals surface area contributed by atoms with Crippen molar-refractivity contribution in [2.75, 3.05) is 20.3 Å². The Morgan fingerprint density at radius 2 is 1.82 bits per heavy atom. The van der Waals surface area contributed by atoms with E-state index in [-0.39, 0.29) is 0 Å². The van der Waals surface area contributed by atoms with Gasteiger partial charge < -0.3 is 25.0 Å². The minimum atomic E-state index is -1.82. The highest BCUT2D eigenvalue weighted by Gasteiger charge is 2.04. The highest BCUT2D eigenvalue weighted by atomic mass is 16.5. The average molecular weight is 311 g/mol. The molecule has 0 saturated carbocycles. The normalized spacial score (nSPS) is 9.14. The van der Waals surface area contributed by atoms with Gasteiger partial charge in [0.05, 0.1) is 20.0 Å². The van der Waals surface area contributed by atoms with Gasteiger partial charge in [0.2, 0.25) is 0 Å². The molecule has 1 rings (SSSR count). The Balaban J connectivity index is 0.000000626. The predicted molar refractivity (Wildman–Crippen MR) is 80.7 cm³/mol. The number of hydrogen-bond acceptors (Lipinski definition) is 5. The zero-order chi connectivity index (χ0) is 16.8. The molecule has 0 aliphatic carbocycles. The summed E-state index contributed by atoms with van der Waals surface area (Å²) in [7, 11) is 1.67. The maximum atomic E-state index is 9.10. The van der Waals surface area contributed by atoms with Crippen LogP contribution in [-0.2, 0) is 20.9 Å². The van der Waals surface area contributed by atoms with E-state index in [1.165, 1.54) is 11.8 Å². The molecule has 0 amide bonds. The summed E-state index contributed by atoms with van der Waals surface area (Å²) in [4.78, 5) is 18.2. The Labute approximate surface area is 129 Å². The molecule has 0 aromatic heterocycles. The van der Waals surface area contributed by atoms with Gasteiger partial charge in [-0.3, -0.25) is 0 Å². The van der Waals surface area contributed by atoms with Gasteiger partial charge in [-0.05, 0) is 30.7 Å². The van der Waals surface area contributed by atoms with Crippen molar-refractivity contribution in [2.24, 2.45) is 0 Å². The molecule has 0 saturated heterocycles. The Morgan fingerprint density at radius 3 is 2.27 bits per heavy atom. The number of benzene rings is 1. The molecule has 0 spiro atoms. The fourth-order valence-corrected chi connectivity index (χ4v) is 1.34. The number of ether oxygens (including phenoxy) is 2. The summed E-state index contributed by atoms with van der Waals surface area (Å²) in [6.07, 6.45) is 2.46. The van der Waals surface area contributed by atoms with Gasteiger partial charge in [-0.25, -0.2) is 9.59 Å². The summed E-state index contributed by atoms with van der Waals surface area (Å²) in [5.74, 6) is -2.76. The molecule has 1 aromatic rings. The van der Waals surface area contributed by atoms with Crippen LogP contribution >= 0.6 is 0 Å². The molecular formula is C15H21NO6. The van der Waals surface area contributed by atoms with E-state index >= 15 is 0 Å². The highest BCUT2D eigenvalue weighted by Crippen LogP contribution is 2.10. The average Bonchev–Trinajstić information content (AvgIpc) is 2.52. The van der Waals surface area contributed by atoms with Crippen molar-refractivity contribution in [3.05, 3.63) is 42.7 Å². The minimum Gasteiger partial charge on any atom is -0.502 e. The third-order valence-corrected chi connectivity index (χ3v) is 2.40. The van der Waals surface area contributed by atoms with E-state index in [9.17, 15) is 0 Å². The van der Waals surface area contributed by atoms with Crippen molar-refractivity contribution >= 4 is 11.9 Å². The van der Waals surface area contributed by atoms with E-state index in [0.717, 1.165) is 31.9 Å². The molecule has 0 heterocycles. The van der Waals surface area contributed by atoms with Gasteiger partial charge in [0.15, 0.2) is 0 Å². The molecule has 7 heteroatoms. The maximum Gasteiger partial charge on any atom is 0.414 e. The fraction of sp³-hybridized carbons (Fsp3) is 0.333. The lowest BCUT2D eigenvalue weighted by molar-refractivity contribution is -0.159. The summed E-state index contributed by atoms with van der Waals surface area (Å²) < 4.78 is 10.1. The number of aliphatic carboxylic acids is 2. The Morgan fingerprint density at radius 1 is 1.23 bits per heavy atom. The molecule has 0 aliphatic rings. The van der Waals surface area contributed by atoms with E-state index < -0.39 is 11.9 Å². The van der Waals surface area contributed by atoms with Crippen molar-refractivity contribution in [3.8, 4) is 5.75 Å². The molecule has 0 aliphatic heterocycles. The first-order valence-corrected chi connectivity index (χ1v) is 6.53. The van der Waals surface area contributed by atoms with Crippen LogP contribution < -0.4 is 10.1 Å². The molecule has 3 N–H and O–H groups in total. The van der Waals surface area contributed by atoms with Crippen LogP contribution in [0.25, 0.3) is 0 Å². The van der Waals surface area contributed by atoms with Crippen LogP contribution in [0, 0.1) is 0 Å². The third-order valence-electron chi connectivity index (χ3n) is 2.40. The molecule has 0 fully saturated rings. The van der Waals surface area contributed by atoms with Gasteiger partial charge in [-0.2, -0.15) is 0 Å². The lowest BCUT2D eigenvalue weighted by Gasteiger charge is -2.05. The molecule has 0 unspecified atom stereocenters. The number of rotatable bonds is 8. The predicted octanol–water partition coefficient (Wildman–Crippen LogP) is 1.49. The van der Waals surface area contributed by atoms with Crippen molar-refractivity contribution < 1.29 is 29.3 Å². The number of carboxylic acid groups (broad SMARTS) is 2. The van der Waals surface area contributed by atoms with Crippen LogP contribution in [0.3, 0.4) is 0 Å². The van der Waals surface area contributed by atoms with Crippen LogP contribution in [0.5, 0.6) is 5.75 Å². The largest absolute Gasteiger partial charge is 0.502 e. The van der Waals surface area contributed by atoms with Crippen molar-refractivity contribution in [2.45, 2.75) is 13.0 Å². The van der Waals surface area contributed by atoms with Gasteiger partial charge in [0, 0.05) is 6.54 Å². The van der Waals surface area contributed by atoms with E-state index in [4.69, 9.17) is 29.3 Å². The molecule has 0 radical (unpaired) electrons. The lowest BCUT2D eigenvalue weighted by atomic mass is 10.2. The number of carboxylic acids is 2. The zero-order valence-electron chi connectivity index (χ0n) is 12.4. The van der Waals surface area contributed by atoms with E-state index in [2.05, 4.69) is 24.0 Å². The monoisotopic (exact) mass is 311 g/mol. The van der Waals surface area contributed by atoms with E-state index in [1.54, 1.807) is 7.11 Å². The second-order valence-electron chi connectivity index (χ2n) is 4.03. The van der Waals surface area contributed by atoms with Gasteiger partial charge in [-0.15, -0.1) is 0 Å². The zero-order valence-corrected chi connectivity index (χ0v) is 12.4. The minimum absolute atomic E-state index is 0.721. The lowest BCUT2D eigenvalue weighted by Crippen LogP contribution is -2.15. The van der Waals surface area contributed by atoms with Crippen molar-refractivity contribution in [1.29, 1.82) is 0 Å². The molecule has 7 nitrogen and oxygen atoms in total. The van der Waals surface area contributed by atoms with E-state index in [0.29, 0.717) is 0 Å². The number of methoxy groups -OCH3 is 1. The fourth-order valence-electron chi connectivity index (χ4n) is 1.34. The van der Waals surface area contributed by atoms with Crippen molar-refractivity contribution in [3.63, 3.8) is 0 Å². The number of hydrogen-bond donors (Lipinski definition) is 3. The summed E-state index contributed by atoms with van der Waals surface area (Å²) in [5, 5.41) is 18.1. The Kier molecular flexibility index (Phi) is 10.8. The first-order valence-electron chi connectivity index (χ1n) is 6.53. The standard InChI is InChI=1S/C13H19NO2.C2H2O4/c1-3-16-10-4-9-14-11-12-5-7-13(15-2)8-6-12;3-1(4)2(5)6/h3,5-8,14H,1,4,9-11H2,2H3;(H,3,4)(H,5,6). The van der Waals surface area contributed by atoms with Crippen LogP contribution in [0.1, 0.15) is 12.0 Å². The van der Waals surface area contributed by atoms with Crippen LogP contribution in [0.15, 0.2) is 37.1 Å². The Bertz CT molecular complexity index is 446. The molecule has 1 aromatic carbocycles. The molecule has 0 bridgehead atoms. The second kappa shape index (κ2) is 12.2. The summed E-state index contributed by atoms with van der Waals surface area (Å²) in [5.41, 5.74) is 1.26. The summed E-state index contributed by atoms with van der Waals surface area (Å²) in [6.45, 7) is 6.03. The Hall–Kier alpha value is -2.54. The molecular weight excluding hydrogens is 290 g/mol. The van der Waals surface area contributed by atoms with Gasteiger partial charge >= 0.3 is 11.9 Å². The molecule has 122 valence electrons. The van der Waals surface area contributed by atoms with Gasteiger partial charge in [0.25, 0.3) is 0 Å². The summed E-state index contributed by atoms with van der Waals surface area (Å²) >= 11 is 0. The van der Waals surface area contributed by atoms with E-state index in [1.807, 2.05) is 12.1 Å². The maximum absolute atomic E-state index is 9.10. The SMILES string of the molecule is C=COCCCNCc1ccc(OC)cc1.O=C(O)C(=O)O. The van der Waals surface area contributed by atoms with Crippen LogP contribution in [0.2, 0.25) is 0 Å². The molecule has 22 heavy (non-hydrogen) atoms. The van der Waals surface area contributed by atoms with Crippen molar-refractivity contribution in [1.82, 2.24) is 5.32 Å². The number of nitrogens with one attached hydrogen (secondary N) is 1. The number of carbonyl (C=O) groups is 2. The molecule has 0 atom stereocenters. The topological polar surface area (TPSA) is 105 Å². The smallest absolute Gasteiger partial charge is 0.414 e. The van der Waals surface area contributed by atoms with Crippen LogP contribution in [-0.4, -0.2) is 42.4 Å². The van der Waals surface area contributed by atoms with Gasteiger partial charge in [-0.1, -0.05) is 18.7 Å². The second-order valence-corrected chi connectivity index (χ2v) is 4.03. The summed E-state index contributed by atoms with van der Waals surface area (Å²) in [6, 6.07) is 8.06. The quantitative estimate of drug-likeness (QED) is 0.379.